The van der Waals surface area contributed by atoms with Crippen LogP contribution >= 0.6 is 0 Å². The molecular formula is C22H32N6O3. The summed E-state index contributed by atoms with van der Waals surface area (Å²) in [4.78, 5) is 22.3. The summed E-state index contributed by atoms with van der Waals surface area (Å²) in [5.41, 5.74) is 1.81. The van der Waals surface area contributed by atoms with E-state index >= 15 is 0 Å². The molecule has 31 heavy (non-hydrogen) atoms. The Morgan fingerprint density at radius 1 is 1.19 bits per heavy atom. The Morgan fingerprint density at radius 2 is 2.00 bits per heavy atom. The molecule has 9 heteroatoms. The van der Waals surface area contributed by atoms with Crippen molar-refractivity contribution in [1.29, 1.82) is 0 Å². The Labute approximate surface area is 182 Å². The van der Waals surface area contributed by atoms with Crippen LogP contribution in [-0.2, 0) is 21.5 Å². The van der Waals surface area contributed by atoms with Crippen molar-refractivity contribution >= 4 is 5.91 Å². The van der Waals surface area contributed by atoms with E-state index in [-0.39, 0.29) is 11.3 Å². The molecule has 3 saturated heterocycles. The highest BCUT2D eigenvalue weighted by atomic mass is 16.5. The zero-order valence-corrected chi connectivity index (χ0v) is 18.7. The minimum Gasteiger partial charge on any atom is -0.381 e. The summed E-state index contributed by atoms with van der Waals surface area (Å²) in [7, 11) is 0. The van der Waals surface area contributed by atoms with Crippen molar-refractivity contribution in [2.45, 2.75) is 58.0 Å². The Morgan fingerprint density at radius 3 is 2.68 bits per heavy atom. The quantitative estimate of drug-likeness (QED) is 0.712. The molecule has 0 N–H and O–H groups in total. The molecule has 168 valence electrons. The Balaban J connectivity index is 1.31. The first kappa shape index (κ1) is 20.6. The predicted molar refractivity (Wildman–Crippen MR) is 113 cm³/mol. The van der Waals surface area contributed by atoms with Crippen molar-refractivity contribution in [1.82, 2.24) is 29.7 Å². The monoisotopic (exact) mass is 428 g/mol. The molecule has 0 aliphatic carbocycles. The largest absolute Gasteiger partial charge is 0.381 e. The van der Waals surface area contributed by atoms with Crippen LogP contribution in [0.5, 0.6) is 0 Å². The average Bonchev–Trinajstić information content (AvgIpc) is 3.49. The molecule has 0 radical (unpaired) electrons. The second-order valence-electron chi connectivity index (χ2n) is 9.45. The van der Waals surface area contributed by atoms with E-state index in [1.807, 2.05) is 36.4 Å². The van der Waals surface area contributed by atoms with E-state index in [4.69, 9.17) is 9.26 Å². The van der Waals surface area contributed by atoms with Gasteiger partial charge in [-0.1, -0.05) is 5.16 Å². The van der Waals surface area contributed by atoms with Crippen LogP contribution in [0.3, 0.4) is 0 Å². The molecule has 2 aromatic rings. The van der Waals surface area contributed by atoms with E-state index in [2.05, 4.69) is 20.1 Å². The highest BCUT2D eigenvalue weighted by Gasteiger charge is 2.58. The molecule has 3 fully saturated rings. The van der Waals surface area contributed by atoms with Crippen molar-refractivity contribution in [3.8, 4) is 0 Å². The van der Waals surface area contributed by atoms with E-state index in [1.165, 1.54) is 0 Å². The van der Waals surface area contributed by atoms with Gasteiger partial charge in [0.2, 0.25) is 11.8 Å². The first-order valence-electron chi connectivity index (χ1n) is 11.4. The van der Waals surface area contributed by atoms with Crippen molar-refractivity contribution < 1.29 is 14.1 Å². The lowest BCUT2D eigenvalue weighted by atomic mass is 9.81. The number of ether oxygens (including phenoxy) is 1. The summed E-state index contributed by atoms with van der Waals surface area (Å²) >= 11 is 0. The Hall–Kier alpha value is -2.26. The number of hydrogen-bond acceptors (Lipinski definition) is 7. The fourth-order valence-corrected chi connectivity index (χ4v) is 5.69. The summed E-state index contributed by atoms with van der Waals surface area (Å²) in [6.07, 6.45) is 2.59. The second-order valence-corrected chi connectivity index (χ2v) is 9.45. The molecular weight excluding hydrogens is 396 g/mol. The molecule has 0 aromatic carbocycles. The molecule has 0 spiro atoms. The molecule has 5 rings (SSSR count). The van der Waals surface area contributed by atoms with Gasteiger partial charge in [-0.15, -0.1) is 0 Å². The van der Waals surface area contributed by atoms with Crippen molar-refractivity contribution in [2.24, 2.45) is 5.92 Å². The zero-order valence-electron chi connectivity index (χ0n) is 18.7. The van der Waals surface area contributed by atoms with Gasteiger partial charge < -0.3 is 14.2 Å². The Bertz CT molecular complexity index is 949. The molecule has 0 unspecified atom stereocenters. The van der Waals surface area contributed by atoms with Gasteiger partial charge in [0.15, 0.2) is 5.82 Å². The first-order valence-corrected chi connectivity index (χ1v) is 11.4. The van der Waals surface area contributed by atoms with Crippen LogP contribution in [-0.4, -0.2) is 81.1 Å². The molecule has 0 saturated carbocycles. The number of carbonyl (C=O) groups is 1. The lowest BCUT2D eigenvalue weighted by Crippen LogP contribution is -2.44. The predicted octanol–water partition coefficient (Wildman–Crippen LogP) is 1.47. The fourth-order valence-electron chi connectivity index (χ4n) is 5.69. The van der Waals surface area contributed by atoms with Crippen LogP contribution in [0.15, 0.2) is 10.6 Å². The van der Waals surface area contributed by atoms with Crippen molar-refractivity contribution in [3.63, 3.8) is 0 Å². The fraction of sp³-hybridized carbons (Fsp3) is 0.727. The van der Waals surface area contributed by atoms with Gasteiger partial charge >= 0.3 is 0 Å². The number of amides is 1. The average molecular weight is 429 g/mol. The SMILES string of the molecule is Cc1cc(C)n(CCC(=O)N2C[C@H]3CN(C4CCOCC4)C[C@@]3(c3nc(C)no3)C2)n1. The van der Waals surface area contributed by atoms with Gasteiger partial charge in [0, 0.05) is 70.0 Å². The molecule has 0 bridgehead atoms. The number of fused-ring (bicyclic) bond motifs is 1. The molecule has 3 aliphatic heterocycles. The van der Waals surface area contributed by atoms with E-state index in [0.717, 1.165) is 57.1 Å². The summed E-state index contributed by atoms with van der Waals surface area (Å²) < 4.78 is 13.2. The van der Waals surface area contributed by atoms with Crippen LogP contribution in [0.4, 0.5) is 0 Å². The highest BCUT2D eigenvalue weighted by Crippen LogP contribution is 2.45. The summed E-state index contributed by atoms with van der Waals surface area (Å²) in [5.74, 6) is 1.84. The number of nitrogens with zero attached hydrogens (tertiary/aromatic N) is 6. The molecule has 1 amide bonds. The van der Waals surface area contributed by atoms with Crippen molar-refractivity contribution in [2.75, 3.05) is 39.4 Å². The number of aryl methyl sites for hydroxylation is 4. The van der Waals surface area contributed by atoms with Crippen LogP contribution in [0.2, 0.25) is 0 Å². The van der Waals surface area contributed by atoms with Crippen molar-refractivity contribution in [3.05, 3.63) is 29.2 Å². The van der Waals surface area contributed by atoms with E-state index in [0.29, 0.717) is 43.2 Å². The number of aromatic nitrogens is 4. The minimum atomic E-state index is -0.270. The summed E-state index contributed by atoms with van der Waals surface area (Å²) in [6.45, 7) is 11.4. The van der Waals surface area contributed by atoms with Crippen LogP contribution in [0.25, 0.3) is 0 Å². The van der Waals surface area contributed by atoms with Gasteiger partial charge in [0.1, 0.15) is 0 Å². The van der Waals surface area contributed by atoms with Gasteiger partial charge in [-0.2, -0.15) is 10.1 Å². The van der Waals surface area contributed by atoms with Gasteiger partial charge in [0.05, 0.1) is 11.1 Å². The number of carbonyl (C=O) groups excluding carboxylic acids is 1. The van der Waals surface area contributed by atoms with E-state index < -0.39 is 0 Å². The van der Waals surface area contributed by atoms with E-state index in [1.54, 1.807) is 0 Å². The maximum atomic E-state index is 13.1. The maximum absolute atomic E-state index is 13.1. The third-order valence-corrected chi connectivity index (χ3v) is 7.29. The van der Waals surface area contributed by atoms with Gasteiger partial charge in [-0.25, -0.2) is 0 Å². The second kappa shape index (κ2) is 8.02. The molecule has 3 aliphatic rings. The normalized spacial score (nSPS) is 27.2. The number of hydrogen-bond donors (Lipinski definition) is 0. The lowest BCUT2D eigenvalue weighted by molar-refractivity contribution is -0.131. The van der Waals surface area contributed by atoms with Crippen LogP contribution in [0, 0.1) is 26.7 Å². The van der Waals surface area contributed by atoms with E-state index in [9.17, 15) is 4.79 Å². The topological polar surface area (TPSA) is 89.5 Å². The molecule has 2 aromatic heterocycles. The van der Waals surface area contributed by atoms with Gasteiger partial charge in [0.25, 0.3) is 0 Å². The lowest BCUT2D eigenvalue weighted by Gasteiger charge is -2.33. The smallest absolute Gasteiger partial charge is 0.236 e. The van der Waals surface area contributed by atoms with Gasteiger partial charge in [-0.3, -0.25) is 14.4 Å². The van der Waals surface area contributed by atoms with Crippen LogP contribution < -0.4 is 0 Å². The summed E-state index contributed by atoms with van der Waals surface area (Å²) in [6, 6.07) is 2.58. The highest BCUT2D eigenvalue weighted by molar-refractivity contribution is 5.76. The third kappa shape index (κ3) is 3.78. The maximum Gasteiger partial charge on any atom is 0.236 e. The van der Waals surface area contributed by atoms with Gasteiger partial charge in [-0.05, 0) is 39.7 Å². The molecule has 5 heterocycles. The number of likely N-dealkylation sites (tertiary alicyclic amines) is 2. The number of rotatable bonds is 5. The minimum absolute atomic E-state index is 0.176. The van der Waals surface area contributed by atoms with Crippen LogP contribution in [0.1, 0.15) is 42.4 Å². The third-order valence-electron chi connectivity index (χ3n) is 7.29. The Kier molecular flexibility index (Phi) is 5.34. The first-order chi connectivity index (χ1) is 14.9. The zero-order chi connectivity index (χ0) is 21.6. The standard InChI is InChI=1S/C22H32N6O3/c1-15-10-16(2)28(24-15)7-4-20(29)27-12-18-11-26(19-5-8-30-9-6-19)13-22(18,14-27)21-23-17(3)25-31-21/h10,18-19H,4-9,11-14H2,1-3H3/t18-,22-/m1/s1. The molecule has 9 nitrogen and oxygen atoms in total. The summed E-state index contributed by atoms with van der Waals surface area (Å²) in [5, 5.41) is 8.56. The molecule has 2 atom stereocenters.